The number of hydrogen-bond acceptors (Lipinski definition) is 0. The fourth-order valence-corrected chi connectivity index (χ4v) is 2.62. The summed E-state index contributed by atoms with van der Waals surface area (Å²) in [5.41, 5.74) is 4.57. The van der Waals surface area contributed by atoms with Gasteiger partial charge in [0.1, 0.15) is 0 Å². The largest absolute Gasteiger partial charge is 0.0795 e. The molecule has 0 N–H and O–H groups in total. The van der Waals surface area contributed by atoms with E-state index in [0.29, 0.717) is 0 Å². The minimum Gasteiger partial charge on any atom is -0.0795 e. The van der Waals surface area contributed by atoms with Gasteiger partial charge in [-0.05, 0) is 41.9 Å². The Balaban J connectivity index is 2.00. The summed E-state index contributed by atoms with van der Waals surface area (Å²) >= 11 is 0. The average Bonchev–Trinajstić information content (AvgIpc) is 2.75. The number of benzene rings is 1. The standard InChI is InChI=1S/C16H22/c1-3-6-13(2)11-12-15-8-4-7-14-9-5-10-16(14)15/h4-5,7-8,10,13H,3,6,9,11-12H2,1-2H3. The third-order valence-electron chi connectivity index (χ3n) is 3.60. The van der Waals surface area contributed by atoms with Gasteiger partial charge in [0.05, 0.1) is 0 Å². The first kappa shape index (κ1) is 11.4. The van der Waals surface area contributed by atoms with Crippen LogP contribution in [0.15, 0.2) is 24.3 Å². The fraction of sp³-hybridized carbons (Fsp3) is 0.500. The summed E-state index contributed by atoms with van der Waals surface area (Å²) in [5, 5.41) is 0. The fourth-order valence-electron chi connectivity index (χ4n) is 2.62. The summed E-state index contributed by atoms with van der Waals surface area (Å²) in [6, 6.07) is 6.77. The van der Waals surface area contributed by atoms with Crippen LogP contribution in [-0.4, -0.2) is 0 Å². The number of hydrogen-bond donors (Lipinski definition) is 0. The van der Waals surface area contributed by atoms with Crippen molar-refractivity contribution in [2.24, 2.45) is 5.92 Å². The molecule has 1 aliphatic carbocycles. The van der Waals surface area contributed by atoms with Gasteiger partial charge < -0.3 is 0 Å². The van der Waals surface area contributed by atoms with Crippen LogP contribution in [0.25, 0.3) is 6.08 Å². The molecule has 1 unspecified atom stereocenters. The molecule has 0 saturated heterocycles. The van der Waals surface area contributed by atoms with Gasteiger partial charge in [-0.1, -0.05) is 57.0 Å². The minimum atomic E-state index is 0.867. The Morgan fingerprint density at radius 1 is 1.25 bits per heavy atom. The predicted octanol–water partition coefficient (Wildman–Crippen LogP) is 4.62. The Bertz CT molecular complexity index is 374. The third kappa shape index (κ3) is 2.55. The van der Waals surface area contributed by atoms with Gasteiger partial charge in [0.25, 0.3) is 0 Å². The van der Waals surface area contributed by atoms with Gasteiger partial charge >= 0.3 is 0 Å². The molecule has 0 fully saturated rings. The van der Waals surface area contributed by atoms with Gasteiger partial charge in [-0.15, -0.1) is 0 Å². The van der Waals surface area contributed by atoms with E-state index in [-0.39, 0.29) is 0 Å². The van der Waals surface area contributed by atoms with Crippen molar-refractivity contribution in [3.8, 4) is 0 Å². The molecule has 86 valence electrons. The number of fused-ring (bicyclic) bond motifs is 1. The molecule has 0 spiro atoms. The van der Waals surface area contributed by atoms with E-state index in [1.807, 2.05) is 0 Å². The van der Waals surface area contributed by atoms with E-state index >= 15 is 0 Å². The van der Waals surface area contributed by atoms with Crippen molar-refractivity contribution in [1.82, 2.24) is 0 Å². The van der Waals surface area contributed by atoms with E-state index in [0.717, 1.165) is 12.3 Å². The highest BCUT2D eigenvalue weighted by Crippen LogP contribution is 2.25. The van der Waals surface area contributed by atoms with Crippen molar-refractivity contribution >= 4 is 6.08 Å². The van der Waals surface area contributed by atoms with E-state index in [9.17, 15) is 0 Å². The smallest absolute Gasteiger partial charge is 0.00881 e. The summed E-state index contributed by atoms with van der Waals surface area (Å²) < 4.78 is 0. The molecule has 1 aromatic carbocycles. The molecule has 0 aromatic heterocycles. The van der Waals surface area contributed by atoms with Crippen LogP contribution in [0, 0.1) is 5.92 Å². The van der Waals surface area contributed by atoms with E-state index in [4.69, 9.17) is 0 Å². The Morgan fingerprint density at radius 3 is 2.94 bits per heavy atom. The molecule has 2 rings (SSSR count). The van der Waals surface area contributed by atoms with Crippen LogP contribution in [-0.2, 0) is 12.8 Å². The number of rotatable bonds is 5. The van der Waals surface area contributed by atoms with E-state index in [2.05, 4.69) is 44.2 Å². The molecule has 0 bridgehead atoms. The second-order valence-electron chi connectivity index (χ2n) is 5.03. The number of aryl methyl sites for hydroxylation is 1. The predicted molar refractivity (Wildman–Crippen MR) is 71.6 cm³/mol. The van der Waals surface area contributed by atoms with Crippen LogP contribution in [0.2, 0.25) is 0 Å². The molecule has 0 amide bonds. The zero-order valence-electron chi connectivity index (χ0n) is 10.5. The van der Waals surface area contributed by atoms with Crippen molar-refractivity contribution in [3.05, 3.63) is 41.0 Å². The van der Waals surface area contributed by atoms with Crippen molar-refractivity contribution in [1.29, 1.82) is 0 Å². The van der Waals surface area contributed by atoms with Crippen LogP contribution >= 0.6 is 0 Å². The Hall–Kier alpha value is -1.04. The van der Waals surface area contributed by atoms with Crippen molar-refractivity contribution in [2.75, 3.05) is 0 Å². The van der Waals surface area contributed by atoms with Crippen molar-refractivity contribution in [3.63, 3.8) is 0 Å². The number of allylic oxidation sites excluding steroid dienone is 1. The lowest BCUT2D eigenvalue weighted by Gasteiger charge is -2.12. The first-order chi connectivity index (χ1) is 7.81. The van der Waals surface area contributed by atoms with Gasteiger partial charge in [0, 0.05) is 0 Å². The summed E-state index contributed by atoms with van der Waals surface area (Å²) in [4.78, 5) is 0. The van der Waals surface area contributed by atoms with Gasteiger partial charge in [-0.25, -0.2) is 0 Å². The van der Waals surface area contributed by atoms with Crippen LogP contribution in [0.4, 0.5) is 0 Å². The van der Waals surface area contributed by atoms with E-state index in [1.165, 1.54) is 36.8 Å². The quantitative estimate of drug-likeness (QED) is 0.670. The maximum atomic E-state index is 2.38. The lowest BCUT2D eigenvalue weighted by Crippen LogP contribution is -1.99. The second kappa shape index (κ2) is 5.34. The lowest BCUT2D eigenvalue weighted by atomic mass is 9.94. The minimum absolute atomic E-state index is 0.867. The summed E-state index contributed by atoms with van der Waals surface area (Å²) in [7, 11) is 0. The Morgan fingerprint density at radius 2 is 2.12 bits per heavy atom. The van der Waals surface area contributed by atoms with Crippen molar-refractivity contribution < 1.29 is 0 Å². The highest BCUT2D eigenvalue weighted by Gasteiger charge is 2.10. The molecule has 1 aliphatic rings. The molecule has 0 heteroatoms. The average molecular weight is 214 g/mol. The first-order valence-electron chi connectivity index (χ1n) is 6.58. The normalized spacial score (nSPS) is 15.1. The monoisotopic (exact) mass is 214 g/mol. The molecule has 0 aliphatic heterocycles. The molecular weight excluding hydrogens is 192 g/mol. The summed E-state index contributed by atoms with van der Waals surface area (Å²) in [6.45, 7) is 4.65. The third-order valence-corrected chi connectivity index (χ3v) is 3.60. The molecule has 0 heterocycles. The van der Waals surface area contributed by atoms with Gasteiger partial charge in [0.15, 0.2) is 0 Å². The van der Waals surface area contributed by atoms with Crippen LogP contribution < -0.4 is 0 Å². The zero-order valence-corrected chi connectivity index (χ0v) is 10.5. The molecule has 0 saturated carbocycles. The molecular formula is C16H22. The molecule has 1 atom stereocenters. The zero-order chi connectivity index (χ0) is 11.4. The van der Waals surface area contributed by atoms with Gasteiger partial charge in [-0.2, -0.15) is 0 Å². The van der Waals surface area contributed by atoms with Crippen LogP contribution in [0.5, 0.6) is 0 Å². The van der Waals surface area contributed by atoms with Gasteiger partial charge in [0.2, 0.25) is 0 Å². The molecule has 0 radical (unpaired) electrons. The van der Waals surface area contributed by atoms with Gasteiger partial charge in [-0.3, -0.25) is 0 Å². The summed E-state index contributed by atoms with van der Waals surface area (Å²) in [6.07, 6.45) is 11.0. The summed E-state index contributed by atoms with van der Waals surface area (Å²) in [5.74, 6) is 0.867. The Kier molecular flexibility index (Phi) is 3.82. The lowest BCUT2D eigenvalue weighted by molar-refractivity contribution is 0.486. The highest BCUT2D eigenvalue weighted by molar-refractivity contribution is 5.63. The highest BCUT2D eigenvalue weighted by atomic mass is 14.1. The maximum Gasteiger partial charge on any atom is -0.00881 e. The SMILES string of the molecule is CCCC(C)CCc1cccc2c1C=CC2. The first-order valence-corrected chi connectivity index (χ1v) is 6.58. The van der Waals surface area contributed by atoms with E-state index in [1.54, 1.807) is 5.56 Å². The van der Waals surface area contributed by atoms with Crippen LogP contribution in [0.3, 0.4) is 0 Å². The van der Waals surface area contributed by atoms with E-state index < -0.39 is 0 Å². The Labute approximate surface area is 99.4 Å². The molecule has 16 heavy (non-hydrogen) atoms. The van der Waals surface area contributed by atoms with Crippen LogP contribution in [0.1, 0.15) is 49.8 Å². The second-order valence-corrected chi connectivity index (χ2v) is 5.03. The molecule has 1 aromatic rings. The molecule has 0 nitrogen and oxygen atoms in total. The maximum absolute atomic E-state index is 2.38. The van der Waals surface area contributed by atoms with Crippen molar-refractivity contribution in [2.45, 2.75) is 46.0 Å². The topological polar surface area (TPSA) is 0 Å².